The minimum Gasteiger partial charge on any atom is -0.490 e. The number of ether oxygens (including phenoxy) is 1. The maximum Gasteiger partial charge on any atom is 0.205 e. The number of piperazine rings is 1. The van der Waals surface area contributed by atoms with Gasteiger partial charge in [-0.25, -0.2) is 4.98 Å². The Bertz CT molecular complexity index is 826. The molecule has 2 aromatic rings. The molecule has 7 nitrogen and oxygen atoms in total. The third kappa shape index (κ3) is 4.80. The van der Waals surface area contributed by atoms with Crippen molar-refractivity contribution in [2.45, 2.75) is 45.3 Å². The lowest BCUT2D eigenvalue weighted by atomic mass is 9.96. The van der Waals surface area contributed by atoms with Crippen LogP contribution >= 0.6 is 11.5 Å². The van der Waals surface area contributed by atoms with Crippen LogP contribution in [-0.2, 0) is 13.0 Å². The zero-order valence-corrected chi connectivity index (χ0v) is 18.1. The van der Waals surface area contributed by atoms with E-state index in [-0.39, 0.29) is 0 Å². The number of rotatable bonds is 6. The van der Waals surface area contributed by atoms with Crippen LogP contribution in [0.5, 0.6) is 5.75 Å². The van der Waals surface area contributed by atoms with Crippen LogP contribution in [0.1, 0.15) is 37.6 Å². The minimum atomic E-state index is 0.386. The molecule has 1 saturated carbocycles. The van der Waals surface area contributed by atoms with Crippen LogP contribution in [0, 0.1) is 0 Å². The maximum absolute atomic E-state index is 6.16. The number of guanidine groups is 1. The molecule has 0 radical (unpaired) electrons. The highest BCUT2D eigenvalue weighted by Crippen LogP contribution is 2.27. The van der Waals surface area contributed by atoms with Gasteiger partial charge in [0, 0.05) is 63.3 Å². The van der Waals surface area contributed by atoms with Crippen LogP contribution in [0.15, 0.2) is 29.3 Å². The molecule has 1 aliphatic carbocycles. The highest BCUT2D eigenvalue weighted by molar-refractivity contribution is 7.09. The van der Waals surface area contributed by atoms with Crippen molar-refractivity contribution in [3.63, 3.8) is 0 Å². The first-order chi connectivity index (χ1) is 14.3. The Kier molecular flexibility index (Phi) is 6.49. The fourth-order valence-electron chi connectivity index (χ4n) is 3.57. The molecule has 156 valence electrons. The highest BCUT2D eigenvalue weighted by atomic mass is 32.1. The topological polar surface area (TPSA) is 65.9 Å². The second-order valence-electron chi connectivity index (χ2n) is 7.50. The summed E-state index contributed by atoms with van der Waals surface area (Å²) in [6, 6.07) is 8.32. The number of hydrogen-bond donors (Lipinski definition) is 1. The zero-order valence-electron chi connectivity index (χ0n) is 17.3. The first-order valence-corrected chi connectivity index (χ1v) is 11.3. The average molecular weight is 415 g/mol. The Morgan fingerprint density at radius 3 is 2.69 bits per heavy atom. The predicted octanol–water partition coefficient (Wildman–Crippen LogP) is 2.93. The first-order valence-electron chi connectivity index (χ1n) is 10.5. The molecule has 2 heterocycles. The van der Waals surface area contributed by atoms with E-state index >= 15 is 0 Å². The molecule has 0 bridgehead atoms. The Labute approximate surface area is 177 Å². The van der Waals surface area contributed by atoms with Gasteiger partial charge < -0.3 is 19.9 Å². The third-order valence-corrected chi connectivity index (χ3v) is 6.41. The highest BCUT2D eigenvalue weighted by Gasteiger charge is 2.23. The predicted molar refractivity (Wildman–Crippen MR) is 118 cm³/mol. The summed E-state index contributed by atoms with van der Waals surface area (Å²) in [6.07, 6.45) is 4.89. The average Bonchev–Trinajstić information content (AvgIpc) is 3.22. The van der Waals surface area contributed by atoms with E-state index in [1.165, 1.54) is 36.4 Å². The second-order valence-corrected chi connectivity index (χ2v) is 8.23. The van der Waals surface area contributed by atoms with Gasteiger partial charge in [0.1, 0.15) is 11.6 Å². The van der Waals surface area contributed by atoms with Crippen molar-refractivity contribution >= 4 is 22.6 Å². The van der Waals surface area contributed by atoms with Crippen molar-refractivity contribution in [1.82, 2.24) is 19.6 Å². The summed E-state index contributed by atoms with van der Waals surface area (Å²) in [6.45, 7) is 6.50. The van der Waals surface area contributed by atoms with Gasteiger partial charge in [-0.3, -0.25) is 4.99 Å². The van der Waals surface area contributed by atoms with Crippen LogP contribution in [0.3, 0.4) is 0 Å². The number of anilines is 1. The van der Waals surface area contributed by atoms with Crippen LogP contribution in [0.2, 0.25) is 0 Å². The number of aliphatic imine (C=N–C) groups is 1. The lowest BCUT2D eigenvalue weighted by molar-refractivity contribution is 0.119. The molecule has 1 aliphatic heterocycles. The van der Waals surface area contributed by atoms with E-state index in [2.05, 4.69) is 54.6 Å². The number of benzene rings is 1. The number of aromatic nitrogens is 2. The van der Waals surface area contributed by atoms with E-state index in [1.54, 1.807) is 0 Å². The van der Waals surface area contributed by atoms with E-state index in [0.29, 0.717) is 12.6 Å². The van der Waals surface area contributed by atoms with Crippen LogP contribution in [0.25, 0.3) is 0 Å². The molecule has 0 spiro atoms. The molecular formula is C21H30N6OS. The van der Waals surface area contributed by atoms with Crippen LogP contribution in [0.4, 0.5) is 5.13 Å². The lowest BCUT2D eigenvalue weighted by Crippen LogP contribution is -2.52. The van der Waals surface area contributed by atoms with Gasteiger partial charge in [0.25, 0.3) is 0 Å². The molecule has 1 N–H and O–H groups in total. The molecule has 29 heavy (non-hydrogen) atoms. The molecule has 2 fully saturated rings. The molecule has 0 atom stereocenters. The van der Waals surface area contributed by atoms with Gasteiger partial charge in [0.05, 0.1) is 6.10 Å². The SMILES string of the molecule is CCc1nsc(N2CCN(C(=NC)NCc3ccccc3OC3CCC3)CC2)n1. The molecule has 1 aromatic carbocycles. The Morgan fingerprint density at radius 1 is 1.24 bits per heavy atom. The monoisotopic (exact) mass is 414 g/mol. The van der Waals surface area contributed by atoms with E-state index in [1.807, 2.05) is 13.1 Å². The Hall–Kier alpha value is -2.35. The molecule has 0 unspecified atom stereocenters. The number of nitrogens with zero attached hydrogens (tertiary/aromatic N) is 5. The van der Waals surface area contributed by atoms with Crippen molar-refractivity contribution in [3.05, 3.63) is 35.7 Å². The summed E-state index contributed by atoms with van der Waals surface area (Å²) >= 11 is 1.50. The van der Waals surface area contributed by atoms with Gasteiger partial charge in [-0.15, -0.1) is 0 Å². The van der Waals surface area contributed by atoms with Gasteiger partial charge in [0.15, 0.2) is 5.96 Å². The fraction of sp³-hybridized carbons (Fsp3) is 0.571. The fourth-order valence-corrected chi connectivity index (χ4v) is 4.37. The lowest BCUT2D eigenvalue weighted by Gasteiger charge is -2.36. The normalized spacial score (nSPS) is 17.9. The summed E-state index contributed by atoms with van der Waals surface area (Å²) in [5.41, 5.74) is 1.18. The van der Waals surface area contributed by atoms with Crippen molar-refractivity contribution in [2.24, 2.45) is 4.99 Å². The van der Waals surface area contributed by atoms with Gasteiger partial charge in [-0.2, -0.15) is 4.37 Å². The zero-order chi connectivity index (χ0) is 20.1. The largest absolute Gasteiger partial charge is 0.490 e. The first kappa shape index (κ1) is 19.9. The Balaban J connectivity index is 1.31. The summed E-state index contributed by atoms with van der Waals surface area (Å²) in [5.74, 6) is 2.87. The molecule has 8 heteroatoms. The summed E-state index contributed by atoms with van der Waals surface area (Å²) in [5, 5.41) is 4.56. The summed E-state index contributed by atoms with van der Waals surface area (Å²) < 4.78 is 10.6. The van der Waals surface area contributed by atoms with Gasteiger partial charge in [-0.05, 0) is 25.3 Å². The molecular weight excluding hydrogens is 384 g/mol. The van der Waals surface area contributed by atoms with Gasteiger partial charge in [-0.1, -0.05) is 25.1 Å². The van der Waals surface area contributed by atoms with E-state index in [0.717, 1.165) is 55.3 Å². The molecule has 4 rings (SSSR count). The van der Waals surface area contributed by atoms with Gasteiger partial charge >= 0.3 is 0 Å². The standard InChI is InChI=1S/C21H30N6OS/c1-3-19-24-21(29-25-19)27-13-11-26(12-14-27)20(22-2)23-15-16-7-4-5-10-18(16)28-17-8-6-9-17/h4-5,7,10,17H,3,6,8-9,11-15H2,1-2H3,(H,22,23). The van der Waals surface area contributed by atoms with Crippen molar-refractivity contribution in [2.75, 3.05) is 38.1 Å². The molecule has 0 amide bonds. The third-order valence-electron chi connectivity index (χ3n) is 5.59. The Morgan fingerprint density at radius 2 is 2.03 bits per heavy atom. The number of para-hydroxylation sites is 1. The van der Waals surface area contributed by atoms with Crippen molar-refractivity contribution in [3.8, 4) is 5.75 Å². The summed E-state index contributed by atoms with van der Waals surface area (Å²) in [7, 11) is 1.85. The van der Waals surface area contributed by atoms with Gasteiger partial charge in [0.2, 0.25) is 5.13 Å². The van der Waals surface area contributed by atoms with Crippen LogP contribution < -0.4 is 15.0 Å². The smallest absolute Gasteiger partial charge is 0.205 e. The minimum absolute atomic E-state index is 0.386. The van der Waals surface area contributed by atoms with Crippen molar-refractivity contribution < 1.29 is 4.74 Å². The molecule has 1 aromatic heterocycles. The summed E-state index contributed by atoms with van der Waals surface area (Å²) in [4.78, 5) is 13.8. The second kappa shape index (κ2) is 9.43. The molecule has 1 saturated heterocycles. The van der Waals surface area contributed by atoms with Crippen LogP contribution in [-0.4, -0.2) is 59.5 Å². The van der Waals surface area contributed by atoms with E-state index in [9.17, 15) is 0 Å². The van der Waals surface area contributed by atoms with E-state index < -0.39 is 0 Å². The number of nitrogens with one attached hydrogen (secondary N) is 1. The quantitative estimate of drug-likeness (QED) is 0.579. The maximum atomic E-state index is 6.16. The van der Waals surface area contributed by atoms with Crippen molar-refractivity contribution in [1.29, 1.82) is 0 Å². The number of hydrogen-bond acceptors (Lipinski definition) is 6. The number of aryl methyl sites for hydroxylation is 1. The molecule has 2 aliphatic rings. The van der Waals surface area contributed by atoms with E-state index in [4.69, 9.17) is 4.74 Å².